The minimum absolute atomic E-state index is 0.148. The summed E-state index contributed by atoms with van der Waals surface area (Å²) in [5.41, 5.74) is 4.79. The fourth-order valence-electron chi connectivity index (χ4n) is 2.68. The van der Waals surface area contributed by atoms with Crippen LogP contribution in [0.5, 0.6) is 0 Å². The summed E-state index contributed by atoms with van der Waals surface area (Å²) < 4.78 is 5.03. The van der Waals surface area contributed by atoms with Gasteiger partial charge in [0.2, 0.25) is 0 Å². The first-order valence-corrected chi connectivity index (χ1v) is 9.27. The third-order valence-corrected chi connectivity index (χ3v) is 4.40. The van der Waals surface area contributed by atoms with Crippen molar-refractivity contribution in [2.45, 2.75) is 40.2 Å². The van der Waals surface area contributed by atoms with E-state index in [9.17, 15) is 4.79 Å². The number of anilines is 1. The Balaban J connectivity index is 2.04. The number of thiocarbonyl (C=S) groups is 1. The Hall–Kier alpha value is -2.40. The predicted molar refractivity (Wildman–Crippen MR) is 111 cm³/mol. The van der Waals surface area contributed by atoms with Crippen LogP contribution in [0.4, 0.5) is 5.69 Å². The van der Waals surface area contributed by atoms with Crippen molar-refractivity contribution in [3.63, 3.8) is 0 Å². The molecular formula is C21H26N2O2S. The van der Waals surface area contributed by atoms with Crippen LogP contribution >= 0.6 is 12.2 Å². The van der Waals surface area contributed by atoms with E-state index in [2.05, 4.69) is 48.7 Å². The topological polar surface area (TPSA) is 50.4 Å². The van der Waals surface area contributed by atoms with Crippen LogP contribution in [0.1, 0.15) is 53.4 Å². The minimum Gasteiger partial charge on any atom is -0.462 e. The number of ether oxygens (including phenoxy) is 1. The summed E-state index contributed by atoms with van der Waals surface area (Å²) >= 11 is 5.48. The molecule has 2 N–H and O–H groups in total. The van der Waals surface area contributed by atoms with Crippen molar-refractivity contribution >= 4 is 29.0 Å². The molecule has 0 spiro atoms. The zero-order valence-electron chi connectivity index (χ0n) is 15.8. The summed E-state index contributed by atoms with van der Waals surface area (Å²) in [7, 11) is 0. The highest BCUT2D eigenvalue weighted by atomic mass is 32.1. The van der Waals surface area contributed by atoms with Gasteiger partial charge in [0.05, 0.1) is 18.2 Å². The Kier molecular flexibility index (Phi) is 7.16. The molecule has 5 heteroatoms. The van der Waals surface area contributed by atoms with Crippen LogP contribution in [0.25, 0.3) is 0 Å². The van der Waals surface area contributed by atoms with Gasteiger partial charge in [-0.3, -0.25) is 0 Å². The molecule has 26 heavy (non-hydrogen) atoms. The summed E-state index contributed by atoms with van der Waals surface area (Å²) in [6, 6.07) is 14.0. The lowest BCUT2D eigenvalue weighted by Gasteiger charge is -2.21. The maximum absolute atomic E-state index is 11.8. The third kappa shape index (κ3) is 5.30. The Morgan fingerprint density at radius 2 is 1.81 bits per heavy atom. The second-order valence-corrected chi connectivity index (χ2v) is 6.63. The normalized spacial score (nSPS) is 11.5. The lowest BCUT2D eigenvalue weighted by molar-refractivity contribution is 0.0526. The lowest BCUT2D eigenvalue weighted by Crippen LogP contribution is -2.32. The monoisotopic (exact) mass is 370 g/mol. The van der Waals surface area contributed by atoms with E-state index in [-0.39, 0.29) is 12.0 Å². The summed E-state index contributed by atoms with van der Waals surface area (Å²) in [5.74, 6) is -0.312. The molecule has 0 radical (unpaired) electrons. The quantitative estimate of drug-likeness (QED) is 0.558. The van der Waals surface area contributed by atoms with Gasteiger partial charge in [-0.1, -0.05) is 36.8 Å². The fraction of sp³-hybridized carbons (Fsp3) is 0.333. The standard InChI is InChI=1S/C21H26N2O2S/c1-5-18(16-9-7-14(3)8-10-16)22-21(26)23-19-12-11-17(13-15(19)4)20(24)25-6-2/h7-13,18H,5-6H2,1-4H3,(H2,22,23,26)/t18-/m0/s1. The van der Waals surface area contributed by atoms with Crippen molar-refractivity contribution in [3.05, 3.63) is 64.7 Å². The van der Waals surface area contributed by atoms with Crippen LogP contribution in [0.3, 0.4) is 0 Å². The van der Waals surface area contributed by atoms with Crippen molar-refractivity contribution in [1.29, 1.82) is 0 Å². The number of rotatable bonds is 6. The van der Waals surface area contributed by atoms with Crippen LogP contribution in [-0.4, -0.2) is 17.7 Å². The van der Waals surface area contributed by atoms with Crippen LogP contribution in [0.15, 0.2) is 42.5 Å². The molecule has 1 atom stereocenters. The first kappa shape index (κ1) is 19.9. The van der Waals surface area contributed by atoms with Gasteiger partial charge in [0.25, 0.3) is 0 Å². The van der Waals surface area contributed by atoms with E-state index in [0.717, 1.165) is 17.7 Å². The van der Waals surface area contributed by atoms with Crippen molar-refractivity contribution in [2.75, 3.05) is 11.9 Å². The minimum atomic E-state index is -0.312. The highest BCUT2D eigenvalue weighted by Crippen LogP contribution is 2.20. The van der Waals surface area contributed by atoms with Crippen molar-refractivity contribution in [3.8, 4) is 0 Å². The molecule has 0 saturated carbocycles. The van der Waals surface area contributed by atoms with E-state index in [0.29, 0.717) is 17.3 Å². The van der Waals surface area contributed by atoms with Crippen molar-refractivity contribution in [2.24, 2.45) is 0 Å². The average Bonchev–Trinajstić information content (AvgIpc) is 2.62. The van der Waals surface area contributed by atoms with E-state index in [4.69, 9.17) is 17.0 Å². The van der Waals surface area contributed by atoms with Gasteiger partial charge in [0.1, 0.15) is 0 Å². The van der Waals surface area contributed by atoms with E-state index in [1.807, 2.05) is 13.0 Å². The number of esters is 1. The Labute approximate surface area is 161 Å². The van der Waals surface area contributed by atoms with Gasteiger partial charge in [-0.2, -0.15) is 0 Å². The first-order valence-electron chi connectivity index (χ1n) is 8.86. The number of benzene rings is 2. The van der Waals surface area contributed by atoms with Gasteiger partial charge in [-0.25, -0.2) is 4.79 Å². The summed E-state index contributed by atoms with van der Waals surface area (Å²) in [4.78, 5) is 11.8. The maximum atomic E-state index is 11.8. The van der Waals surface area contributed by atoms with Gasteiger partial charge in [0, 0.05) is 5.69 Å². The molecule has 0 fully saturated rings. The van der Waals surface area contributed by atoms with E-state index in [1.54, 1.807) is 19.1 Å². The molecule has 0 heterocycles. The molecule has 0 saturated heterocycles. The maximum Gasteiger partial charge on any atom is 0.338 e. The third-order valence-electron chi connectivity index (χ3n) is 4.18. The van der Waals surface area contributed by atoms with E-state index in [1.165, 1.54) is 11.1 Å². The Morgan fingerprint density at radius 1 is 1.12 bits per heavy atom. The van der Waals surface area contributed by atoms with Crippen LogP contribution in [0.2, 0.25) is 0 Å². The molecule has 2 rings (SSSR count). The summed E-state index contributed by atoms with van der Waals surface area (Å²) in [6.07, 6.45) is 0.922. The number of carbonyl (C=O) groups excluding carboxylic acids is 1. The summed E-state index contributed by atoms with van der Waals surface area (Å²) in [6.45, 7) is 8.30. The molecule has 0 aliphatic carbocycles. The zero-order chi connectivity index (χ0) is 19.1. The summed E-state index contributed by atoms with van der Waals surface area (Å²) in [5, 5.41) is 7.15. The fourth-order valence-corrected chi connectivity index (χ4v) is 2.93. The SMILES string of the molecule is CCOC(=O)c1ccc(NC(=S)N[C@@H](CC)c2ccc(C)cc2)c(C)c1. The van der Waals surface area contributed by atoms with Crippen LogP contribution in [0, 0.1) is 13.8 Å². The number of aryl methyl sites for hydroxylation is 2. The second kappa shape index (κ2) is 9.34. The van der Waals surface area contributed by atoms with E-state index >= 15 is 0 Å². The molecule has 0 unspecified atom stereocenters. The molecule has 138 valence electrons. The van der Waals surface area contributed by atoms with Gasteiger partial charge in [-0.15, -0.1) is 0 Å². The average molecular weight is 371 g/mol. The second-order valence-electron chi connectivity index (χ2n) is 6.22. The number of hydrogen-bond donors (Lipinski definition) is 2. The predicted octanol–water partition coefficient (Wildman–Crippen LogP) is 4.92. The molecule has 4 nitrogen and oxygen atoms in total. The van der Waals surface area contributed by atoms with Gasteiger partial charge in [0.15, 0.2) is 5.11 Å². The molecule has 0 aromatic heterocycles. The lowest BCUT2D eigenvalue weighted by atomic mass is 10.0. The smallest absolute Gasteiger partial charge is 0.338 e. The van der Waals surface area contributed by atoms with Crippen LogP contribution in [-0.2, 0) is 4.74 Å². The Morgan fingerprint density at radius 3 is 2.38 bits per heavy atom. The van der Waals surface area contributed by atoms with Crippen molar-refractivity contribution in [1.82, 2.24) is 5.32 Å². The largest absolute Gasteiger partial charge is 0.462 e. The zero-order valence-corrected chi connectivity index (χ0v) is 16.6. The van der Waals surface area contributed by atoms with Crippen molar-refractivity contribution < 1.29 is 9.53 Å². The molecule has 0 aliphatic heterocycles. The molecular weight excluding hydrogens is 344 g/mol. The molecule has 2 aromatic carbocycles. The molecule has 0 amide bonds. The Bertz CT molecular complexity index is 772. The highest BCUT2D eigenvalue weighted by Gasteiger charge is 2.12. The highest BCUT2D eigenvalue weighted by molar-refractivity contribution is 7.80. The molecule has 2 aromatic rings. The van der Waals surface area contributed by atoms with Gasteiger partial charge >= 0.3 is 5.97 Å². The van der Waals surface area contributed by atoms with Crippen LogP contribution < -0.4 is 10.6 Å². The number of nitrogens with one attached hydrogen (secondary N) is 2. The molecule has 0 aliphatic rings. The van der Waals surface area contributed by atoms with Gasteiger partial charge in [-0.05, 0) is 68.7 Å². The van der Waals surface area contributed by atoms with E-state index < -0.39 is 0 Å². The number of hydrogen-bond acceptors (Lipinski definition) is 3. The molecule has 0 bridgehead atoms. The van der Waals surface area contributed by atoms with Gasteiger partial charge < -0.3 is 15.4 Å². The first-order chi connectivity index (χ1) is 12.4. The number of carbonyl (C=O) groups is 1.